The van der Waals surface area contributed by atoms with Crippen LogP contribution in [0.2, 0.25) is 0 Å². The zero-order chi connectivity index (χ0) is 14.9. The maximum atomic E-state index is 13.9. The third-order valence-electron chi connectivity index (χ3n) is 4.32. The van der Waals surface area contributed by atoms with Gasteiger partial charge in [0.1, 0.15) is 0 Å². The predicted octanol–water partition coefficient (Wildman–Crippen LogP) is 3.23. The lowest BCUT2D eigenvalue weighted by atomic mass is 9.70. The molecule has 110 valence electrons. The summed E-state index contributed by atoms with van der Waals surface area (Å²) in [7, 11) is 1.49. The summed E-state index contributed by atoms with van der Waals surface area (Å²) in [5, 5.41) is 3.36. The highest BCUT2D eigenvalue weighted by molar-refractivity contribution is 5.37. The fourth-order valence-electron chi connectivity index (χ4n) is 3.04. The van der Waals surface area contributed by atoms with E-state index in [1.165, 1.54) is 18.2 Å². The van der Waals surface area contributed by atoms with Crippen LogP contribution in [0, 0.1) is 12.7 Å². The third-order valence-corrected chi connectivity index (χ3v) is 4.32. The lowest BCUT2D eigenvalue weighted by molar-refractivity contribution is 0.274. The Kier molecular flexibility index (Phi) is 3.68. The highest BCUT2D eigenvalue weighted by Crippen LogP contribution is 2.33. The lowest BCUT2D eigenvalue weighted by Crippen LogP contribution is -2.58. The molecule has 0 aromatic heterocycles. The standard InChI is InChI=1S/C18H20FNO/c1-13-4-3-5-15(8-13)18(11-20-12-18)10-14-6-7-17(21-2)16(19)9-14/h3-9,20H,10-12H2,1-2H3. The average Bonchev–Trinajstić information content (AvgIpc) is 2.43. The Balaban J connectivity index is 1.89. The first-order valence-electron chi connectivity index (χ1n) is 7.23. The fraction of sp³-hybridized carbons (Fsp3) is 0.333. The summed E-state index contributed by atoms with van der Waals surface area (Å²) in [4.78, 5) is 0. The minimum Gasteiger partial charge on any atom is -0.494 e. The van der Waals surface area contributed by atoms with Crippen molar-refractivity contribution in [2.45, 2.75) is 18.8 Å². The zero-order valence-corrected chi connectivity index (χ0v) is 12.4. The van der Waals surface area contributed by atoms with Crippen LogP contribution < -0.4 is 10.1 Å². The Hall–Kier alpha value is -1.87. The van der Waals surface area contributed by atoms with E-state index >= 15 is 0 Å². The molecule has 1 saturated heterocycles. The summed E-state index contributed by atoms with van der Waals surface area (Å²) in [5.74, 6) is 0.0109. The monoisotopic (exact) mass is 285 g/mol. The van der Waals surface area contributed by atoms with Crippen molar-refractivity contribution < 1.29 is 9.13 Å². The number of nitrogens with one attached hydrogen (secondary N) is 1. The fourth-order valence-corrected chi connectivity index (χ4v) is 3.04. The topological polar surface area (TPSA) is 21.3 Å². The Bertz CT molecular complexity index is 649. The van der Waals surface area contributed by atoms with E-state index in [0.717, 1.165) is 25.1 Å². The molecule has 2 aromatic carbocycles. The molecule has 2 aromatic rings. The first kappa shape index (κ1) is 14.1. The van der Waals surface area contributed by atoms with E-state index in [2.05, 4.69) is 36.5 Å². The van der Waals surface area contributed by atoms with Gasteiger partial charge < -0.3 is 10.1 Å². The minimum atomic E-state index is -0.290. The van der Waals surface area contributed by atoms with Crippen LogP contribution in [-0.4, -0.2) is 20.2 Å². The predicted molar refractivity (Wildman–Crippen MR) is 82.4 cm³/mol. The highest BCUT2D eigenvalue weighted by atomic mass is 19.1. The molecule has 0 bridgehead atoms. The van der Waals surface area contributed by atoms with Crippen LogP contribution in [0.4, 0.5) is 4.39 Å². The molecule has 0 amide bonds. The summed E-state index contributed by atoms with van der Waals surface area (Å²) in [6.07, 6.45) is 0.838. The second kappa shape index (κ2) is 5.49. The molecule has 0 saturated carbocycles. The largest absolute Gasteiger partial charge is 0.494 e. The van der Waals surface area contributed by atoms with E-state index in [1.54, 1.807) is 12.1 Å². The first-order chi connectivity index (χ1) is 10.1. The van der Waals surface area contributed by atoms with E-state index in [-0.39, 0.29) is 11.2 Å². The van der Waals surface area contributed by atoms with Gasteiger partial charge >= 0.3 is 0 Å². The summed E-state index contributed by atoms with van der Waals surface area (Å²) in [5.41, 5.74) is 3.68. The van der Waals surface area contributed by atoms with E-state index in [0.29, 0.717) is 5.75 Å². The quantitative estimate of drug-likeness (QED) is 0.931. The second-order valence-electron chi connectivity index (χ2n) is 5.90. The SMILES string of the molecule is COc1ccc(CC2(c3cccc(C)c3)CNC2)cc1F. The van der Waals surface area contributed by atoms with E-state index in [4.69, 9.17) is 4.74 Å². The molecule has 0 atom stereocenters. The molecule has 0 radical (unpaired) electrons. The van der Waals surface area contributed by atoms with Crippen LogP contribution in [0.3, 0.4) is 0 Å². The van der Waals surface area contributed by atoms with Crippen molar-refractivity contribution in [1.29, 1.82) is 0 Å². The number of hydrogen-bond donors (Lipinski definition) is 1. The van der Waals surface area contributed by atoms with Crippen molar-refractivity contribution in [2.75, 3.05) is 20.2 Å². The van der Waals surface area contributed by atoms with Crippen molar-refractivity contribution in [3.8, 4) is 5.75 Å². The maximum Gasteiger partial charge on any atom is 0.165 e. The van der Waals surface area contributed by atoms with E-state index in [1.807, 2.05) is 6.07 Å². The third kappa shape index (κ3) is 2.66. The van der Waals surface area contributed by atoms with Gasteiger partial charge in [0.15, 0.2) is 11.6 Å². The van der Waals surface area contributed by atoms with Crippen molar-refractivity contribution >= 4 is 0 Å². The second-order valence-corrected chi connectivity index (χ2v) is 5.90. The average molecular weight is 285 g/mol. The van der Waals surface area contributed by atoms with Crippen LogP contribution in [0.25, 0.3) is 0 Å². The van der Waals surface area contributed by atoms with Crippen LogP contribution in [0.5, 0.6) is 5.75 Å². The minimum absolute atomic E-state index is 0.0764. The van der Waals surface area contributed by atoms with Gasteiger partial charge in [0.25, 0.3) is 0 Å². The number of ether oxygens (including phenoxy) is 1. The summed E-state index contributed by atoms with van der Waals surface area (Å²) in [6, 6.07) is 13.9. The van der Waals surface area contributed by atoms with E-state index in [9.17, 15) is 4.39 Å². The Morgan fingerprint density at radius 1 is 1.19 bits per heavy atom. The molecule has 21 heavy (non-hydrogen) atoms. The Morgan fingerprint density at radius 3 is 2.57 bits per heavy atom. The molecule has 1 aliphatic heterocycles. The van der Waals surface area contributed by atoms with Crippen LogP contribution in [-0.2, 0) is 11.8 Å². The molecular formula is C18H20FNO. The zero-order valence-electron chi connectivity index (χ0n) is 12.4. The molecule has 1 heterocycles. The lowest BCUT2D eigenvalue weighted by Gasteiger charge is -2.43. The Labute approximate surface area is 125 Å². The van der Waals surface area contributed by atoms with E-state index < -0.39 is 0 Å². The van der Waals surface area contributed by atoms with Crippen molar-refractivity contribution in [1.82, 2.24) is 5.32 Å². The van der Waals surface area contributed by atoms with Gasteiger partial charge in [-0.25, -0.2) is 4.39 Å². The van der Waals surface area contributed by atoms with Gasteiger partial charge in [0, 0.05) is 18.5 Å². The number of hydrogen-bond acceptors (Lipinski definition) is 2. The normalized spacial score (nSPS) is 16.3. The number of benzene rings is 2. The molecule has 1 fully saturated rings. The number of methoxy groups -OCH3 is 1. The molecule has 3 rings (SSSR count). The number of aryl methyl sites for hydroxylation is 1. The smallest absolute Gasteiger partial charge is 0.165 e. The van der Waals surface area contributed by atoms with Gasteiger partial charge in [-0.05, 0) is 36.6 Å². The highest BCUT2D eigenvalue weighted by Gasteiger charge is 2.38. The molecule has 1 N–H and O–H groups in total. The van der Waals surface area contributed by atoms with Crippen molar-refractivity contribution in [3.05, 3.63) is 65.0 Å². The first-order valence-corrected chi connectivity index (χ1v) is 7.23. The molecule has 0 spiro atoms. The molecule has 3 heteroatoms. The molecule has 1 aliphatic rings. The number of rotatable bonds is 4. The van der Waals surface area contributed by atoms with Crippen molar-refractivity contribution in [3.63, 3.8) is 0 Å². The van der Waals surface area contributed by atoms with Gasteiger partial charge in [0.2, 0.25) is 0 Å². The van der Waals surface area contributed by atoms with Crippen LogP contribution in [0.1, 0.15) is 16.7 Å². The van der Waals surface area contributed by atoms with Crippen LogP contribution in [0.15, 0.2) is 42.5 Å². The van der Waals surface area contributed by atoms with Gasteiger partial charge in [-0.1, -0.05) is 35.9 Å². The summed E-state index contributed by atoms with van der Waals surface area (Å²) >= 11 is 0. The van der Waals surface area contributed by atoms with Gasteiger partial charge in [-0.15, -0.1) is 0 Å². The summed E-state index contributed by atoms with van der Waals surface area (Å²) in [6.45, 7) is 3.98. The van der Waals surface area contributed by atoms with Gasteiger partial charge in [-0.2, -0.15) is 0 Å². The molecule has 0 aliphatic carbocycles. The maximum absolute atomic E-state index is 13.9. The van der Waals surface area contributed by atoms with Gasteiger partial charge in [0.05, 0.1) is 7.11 Å². The van der Waals surface area contributed by atoms with Crippen LogP contribution >= 0.6 is 0 Å². The molecule has 0 unspecified atom stereocenters. The number of halogens is 1. The Morgan fingerprint density at radius 2 is 2.00 bits per heavy atom. The van der Waals surface area contributed by atoms with Crippen molar-refractivity contribution in [2.24, 2.45) is 0 Å². The molecule has 2 nitrogen and oxygen atoms in total. The van der Waals surface area contributed by atoms with Gasteiger partial charge in [-0.3, -0.25) is 0 Å². The molecular weight excluding hydrogens is 265 g/mol. The summed E-state index contributed by atoms with van der Waals surface area (Å²) < 4.78 is 18.9.